The number of nitrogens with zero attached hydrogens (tertiary/aromatic N) is 2. The summed E-state index contributed by atoms with van der Waals surface area (Å²) < 4.78 is 21.0. The number of nitrogens with one attached hydrogen (secondary N) is 1. The molecule has 0 unspecified atom stereocenters. The lowest BCUT2D eigenvalue weighted by Crippen LogP contribution is -2.25. The molecule has 22 heavy (non-hydrogen) atoms. The number of ether oxygens (including phenoxy) is 1. The first-order valence-electron chi connectivity index (χ1n) is 7.16. The summed E-state index contributed by atoms with van der Waals surface area (Å²) in [7, 11) is 0. The summed E-state index contributed by atoms with van der Waals surface area (Å²) in [5.41, 5.74) is 2.56. The van der Waals surface area contributed by atoms with E-state index in [2.05, 4.69) is 10.4 Å². The molecule has 4 rings (SSSR count). The molecule has 2 heterocycles. The summed E-state index contributed by atoms with van der Waals surface area (Å²) in [6.45, 7) is -0.109. The van der Waals surface area contributed by atoms with Crippen LogP contribution in [0.25, 0.3) is 5.69 Å². The second-order valence-electron chi connectivity index (χ2n) is 5.47. The standard InChI is InChI=1S/C15H13ClFN3O2/c16-15-8-3-1-2-4-10(8)19-20(15)12-6-11-13(5-9(12)17)22-7-14(21)18-11/h5-6H,1-4,7H2,(H,18,21). The van der Waals surface area contributed by atoms with Crippen LogP contribution in [0.4, 0.5) is 10.1 Å². The molecule has 0 radical (unpaired) electrons. The van der Waals surface area contributed by atoms with Crippen molar-refractivity contribution in [3.05, 3.63) is 34.4 Å². The highest BCUT2D eigenvalue weighted by atomic mass is 35.5. The lowest BCUT2D eigenvalue weighted by atomic mass is 9.99. The molecule has 0 saturated heterocycles. The van der Waals surface area contributed by atoms with Gasteiger partial charge in [0.05, 0.1) is 11.4 Å². The molecule has 0 saturated carbocycles. The van der Waals surface area contributed by atoms with E-state index < -0.39 is 5.82 Å². The Kier molecular flexibility index (Phi) is 3.07. The smallest absolute Gasteiger partial charge is 0.262 e. The predicted octanol–water partition coefficient (Wildman–Crippen LogP) is 2.87. The van der Waals surface area contributed by atoms with Crippen LogP contribution in [0, 0.1) is 5.82 Å². The monoisotopic (exact) mass is 321 g/mol. The number of amides is 1. The van der Waals surface area contributed by atoms with Gasteiger partial charge in [0.1, 0.15) is 16.6 Å². The third-order valence-electron chi connectivity index (χ3n) is 4.00. The number of hydrogen-bond acceptors (Lipinski definition) is 3. The van der Waals surface area contributed by atoms with Crippen LogP contribution in [0.15, 0.2) is 12.1 Å². The summed E-state index contributed by atoms with van der Waals surface area (Å²) in [4.78, 5) is 11.4. The van der Waals surface area contributed by atoms with Crippen molar-refractivity contribution in [3.8, 4) is 11.4 Å². The van der Waals surface area contributed by atoms with Crippen molar-refractivity contribution in [2.75, 3.05) is 11.9 Å². The number of anilines is 1. The summed E-state index contributed by atoms with van der Waals surface area (Å²) in [5.74, 6) is -0.443. The van der Waals surface area contributed by atoms with Gasteiger partial charge in [0.15, 0.2) is 12.4 Å². The van der Waals surface area contributed by atoms with Crippen LogP contribution in [0.5, 0.6) is 5.75 Å². The highest BCUT2D eigenvalue weighted by Gasteiger charge is 2.24. The quantitative estimate of drug-likeness (QED) is 0.878. The molecule has 7 heteroatoms. The lowest BCUT2D eigenvalue weighted by Gasteiger charge is -2.19. The van der Waals surface area contributed by atoms with Crippen LogP contribution < -0.4 is 10.1 Å². The van der Waals surface area contributed by atoms with E-state index in [1.807, 2.05) is 0 Å². The van der Waals surface area contributed by atoms with Gasteiger partial charge in [0, 0.05) is 11.6 Å². The van der Waals surface area contributed by atoms with Gasteiger partial charge in [-0.3, -0.25) is 4.79 Å². The molecule has 1 amide bonds. The van der Waals surface area contributed by atoms with Crippen molar-refractivity contribution >= 4 is 23.2 Å². The maximum absolute atomic E-state index is 14.4. The minimum Gasteiger partial charge on any atom is -0.481 e. The fourth-order valence-electron chi connectivity index (χ4n) is 2.93. The van der Waals surface area contributed by atoms with Gasteiger partial charge in [-0.25, -0.2) is 9.07 Å². The van der Waals surface area contributed by atoms with Gasteiger partial charge in [0.25, 0.3) is 5.91 Å². The fourth-order valence-corrected chi connectivity index (χ4v) is 3.26. The first kappa shape index (κ1) is 13.6. The van der Waals surface area contributed by atoms with Gasteiger partial charge in [-0.1, -0.05) is 11.6 Å². The number of fused-ring (bicyclic) bond motifs is 2. The number of rotatable bonds is 1. The molecule has 1 aliphatic carbocycles. The van der Waals surface area contributed by atoms with Crippen LogP contribution >= 0.6 is 11.6 Å². The first-order chi connectivity index (χ1) is 10.6. The Morgan fingerprint density at radius 2 is 2.14 bits per heavy atom. The van der Waals surface area contributed by atoms with Crippen LogP contribution in [-0.4, -0.2) is 22.3 Å². The normalized spacial score (nSPS) is 16.5. The SMILES string of the molecule is O=C1COc2cc(F)c(-n3nc4c(c3Cl)CCCC4)cc2N1. The summed E-state index contributed by atoms with van der Waals surface area (Å²) >= 11 is 6.38. The van der Waals surface area contributed by atoms with E-state index in [1.165, 1.54) is 16.8 Å². The first-order valence-corrected chi connectivity index (χ1v) is 7.54. The second kappa shape index (κ2) is 4.98. The Balaban J connectivity index is 1.84. The van der Waals surface area contributed by atoms with Crippen molar-refractivity contribution < 1.29 is 13.9 Å². The van der Waals surface area contributed by atoms with E-state index in [0.29, 0.717) is 16.6 Å². The molecule has 1 aromatic heterocycles. The zero-order chi connectivity index (χ0) is 15.3. The van der Waals surface area contributed by atoms with Gasteiger partial charge >= 0.3 is 0 Å². The Hall–Kier alpha value is -2.08. The number of aromatic nitrogens is 2. The van der Waals surface area contributed by atoms with E-state index >= 15 is 0 Å². The highest BCUT2D eigenvalue weighted by molar-refractivity contribution is 6.30. The molecular weight excluding hydrogens is 309 g/mol. The number of halogens is 2. The zero-order valence-corrected chi connectivity index (χ0v) is 12.4. The largest absolute Gasteiger partial charge is 0.481 e. The summed E-state index contributed by atoms with van der Waals surface area (Å²) in [6.07, 6.45) is 3.85. The van der Waals surface area contributed by atoms with Crippen LogP contribution in [0.2, 0.25) is 5.15 Å². The zero-order valence-electron chi connectivity index (χ0n) is 11.7. The van der Waals surface area contributed by atoms with Crippen LogP contribution in [-0.2, 0) is 17.6 Å². The maximum Gasteiger partial charge on any atom is 0.262 e. The van der Waals surface area contributed by atoms with Gasteiger partial charge in [0.2, 0.25) is 0 Å². The molecular formula is C15H13ClFN3O2. The van der Waals surface area contributed by atoms with E-state index in [0.717, 1.165) is 36.9 Å². The predicted molar refractivity (Wildman–Crippen MR) is 79.3 cm³/mol. The number of aryl methyl sites for hydroxylation is 1. The topological polar surface area (TPSA) is 56.2 Å². The van der Waals surface area contributed by atoms with E-state index in [-0.39, 0.29) is 18.2 Å². The Morgan fingerprint density at radius 1 is 1.32 bits per heavy atom. The van der Waals surface area contributed by atoms with Gasteiger partial charge in [-0.2, -0.15) is 5.10 Å². The number of hydrogen-bond donors (Lipinski definition) is 1. The van der Waals surface area contributed by atoms with Gasteiger partial charge in [-0.05, 0) is 31.7 Å². The average Bonchev–Trinajstić information content (AvgIpc) is 2.84. The third-order valence-corrected chi connectivity index (χ3v) is 4.39. The maximum atomic E-state index is 14.4. The minimum absolute atomic E-state index is 0.109. The van der Waals surface area contributed by atoms with Crippen molar-refractivity contribution in [3.63, 3.8) is 0 Å². The Morgan fingerprint density at radius 3 is 2.95 bits per heavy atom. The van der Waals surface area contributed by atoms with Crippen molar-refractivity contribution in [1.29, 1.82) is 0 Å². The second-order valence-corrected chi connectivity index (χ2v) is 5.83. The van der Waals surface area contributed by atoms with Crippen molar-refractivity contribution in [2.24, 2.45) is 0 Å². The lowest BCUT2D eigenvalue weighted by molar-refractivity contribution is -0.118. The number of carbonyl (C=O) groups excluding carboxylic acids is 1. The average molecular weight is 322 g/mol. The van der Waals surface area contributed by atoms with Gasteiger partial charge < -0.3 is 10.1 Å². The molecule has 5 nitrogen and oxygen atoms in total. The molecule has 1 N–H and O–H groups in total. The molecule has 0 fully saturated rings. The summed E-state index contributed by atoms with van der Waals surface area (Å²) in [6, 6.07) is 2.76. The van der Waals surface area contributed by atoms with Crippen LogP contribution in [0.3, 0.4) is 0 Å². The molecule has 0 bridgehead atoms. The number of benzene rings is 1. The molecule has 1 aliphatic heterocycles. The van der Waals surface area contributed by atoms with E-state index in [1.54, 1.807) is 0 Å². The Bertz CT molecular complexity index is 788. The number of carbonyl (C=O) groups is 1. The fraction of sp³-hybridized carbons (Fsp3) is 0.333. The molecule has 114 valence electrons. The van der Waals surface area contributed by atoms with Crippen LogP contribution in [0.1, 0.15) is 24.1 Å². The van der Waals surface area contributed by atoms with Crippen molar-refractivity contribution in [1.82, 2.24) is 9.78 Å². The van der Waals surface area contributed by atoms with E-state index in [9.17, 15) is 9.18 Å². The third kappa shape index (κ3) is 2.06. The highest BCUT2D eigenvalue weighted by Crippen LogP contribution is 2.35. The Labute approximate surface area is 131 Å². The molecule has 2 aromatic rings. The van der Waals surface area contributed by atoms with Gasteiger partial charge in [-0.15, -0.1) is 0 Å². The van der Waals surface area contributed by atoms with E-state index in [4.69, 9.17) is 16.3 Å². The van der Waals surface area contributed by atoms with Crippen molar-refractivity contribution in [2.45, 2.75) is 25.7 Å². The molecule has 0 atom stereocenters. The molecule has 1 aromatic carbocycles. The summed E-state index contributed by atoms with van der Waals surface area (Å²) in [5, 5.41) is 7.55. The minimum atomic E-state index is -0.489. The molecule has 0 spiro atoms. The molecule has 2 aliphatic rings.